The van der Waals surface area contributed by atoms with Crippen LogP contribution in [0.1, 0.15) is 82.8 Å². The Labute approximate surface area is 162 Å². The molecule has 0 saturated heterocycles. The summed E-state index contributed by atoms with van der Waals surface area (Å²) >= 11 is 0. The van der Waals surface area contributed by atoms with Gasteiger partial charge >= 0.3 is 5.97 Å². The predicted molar refractivity (Wildman–Crippen MR) is 106 cm³/mol. The lowest BCUT2D eigenvalue weighted by Gasteiger charge is -2.46. The second-order valence-electron chi connectivity index (χ2n) is 8.58. The smallest absolute Gasteiger partial charge is 0.331 e. The normalized spacial score (nSPS) is 23.0. The number of carboxylic acids is 1. The minimum Gasteiger partial charge on any atom is -0.508 e. The van der Waals surface area contributed by atoms with Crippen LogP contribution in [0.25, 0.3) is 0 Å². The van der Waals surface area contributed by atoms with Crippen LogP contribution in [0.4, 0.5) is 0 Å². The lowest BCUT2D eigenvalue weighted by Crippen LogP contribution is -2.45. The van der Waals surface area contributed by atoms with Gasteiger partial charge in [0.25, 0.3) is 0 Å². The second-order valence-corrected chi connectivity index (χ2v) is 8.58. The van der Waals surface area contributed by atoms with E-state index in [-0.39, 0.29) is 23.2 Å². The van der Waals surface area contributed by atoms with Gasteiger partial charge in [0.1, 0.15) is 17.1 Å². The number of phenolic OH excluding ortho intramolecular Hbond substituents is 1. The van der Waals surface area contributed by atoms with Crippen LogP contribution >= 0.6 is 0 Å². The van der Waals surface area contributed by atoms with Crippen molar-refractivity contribution in [3.8, 4) is 11.5 Å². The minimum atomic E-state index is -0.859. The zero-order valence-electron chi connectivity index (χ0n) is 16.8. The average molecular weight is 373 g/mol. The summed E-state index contributed by atoms with van der Waals surface area (Å²) in [4.78, 5) is 11.5. The summed E-state index contributed by atoms with van der Waals surface area (Å²) in [6.07, 6.45) is 9.94. The van der Waals surface area contributed by atoms with Gasteiger partial charge in [0.2, 0.25) is 0 Å². The van der Waals surface area contributed by atoms with E-state index in [1.54, 1.807) is 0 Å². The van der Waals surface area contributed by atoms with E-state index in [1.807, 2.05) is 12.1 Å². The molecule has 0 spiro atoms. The van der Waals surface area contributed by atoms with Gasteiger partial charge < -0.3 is 14.9 Å². The highest BCUT2D eigenvalue weighted by Gasteiger charge is 2.46. The number of fused-ring (bicyclic) bond motifs is 3. The molecule has 0 fully saturated rings. The maximum atomic E-state index is 11.5. The summed E-state index contributed by atoms with van der Waals surface area (Å²) in [7, 11) is 0. The molecule has 2 atom stereocenters. The fourth-order valence-electron chi connectivity index (χ4n) is 4.70. The molecule has 1 aliphatic carbocycles. The number of phenols is 1. The molecule has 27 heavy (non-hydrogen) atoms. The predicted octanol–water partition coefficient (Wildman–Crippen LogP) is 5.58. The maximum absolute atomic E-state index is 11.5. The highest BCUT2D eigenvalue weighted by atomic mass is 16.5. The van der Waals surface area contributed by atoms with Crippen LogP contribution in [0.2, 0.25) is 0 Å². The largest absolute Gasteiger partial charge is 0.508 e. The lowest BCUT2D eigenvalue weighted by atomic mass is 9.67. The number of hydrogen-bond donors (Lipinski definition) is 2. The quantitative estimate of drug-likeness (QED) is 0.613. The zero-order valence-corrected chi connectivity index (χ0v) is 16.8. The Morgan fingerprint density at radius 3 is 2.67 bits per heavy atom. The molecule has 4 heteroatoms. The van der Waals surface area contributed by atoms with Crippen molar-refractivity contribution in [2.75, 3.05) is 0 Å². The molecule has 0 unspecified atom stereocenters. The molecule has 1 aromatic carbocycles. The summed E-state index contributed by atoms with van der Waals surface area (Å²) in [5, 5.41) is 20.2. The third-order valence-corrected chi connectivity index (χ3v) is 6.20. The first kappa shape index (κ1) is 19.8. The van der Waals surface area contributed by atoms with Crippen LogP contribution in [0, 0.1) is 5.92 Å². The van der Waals surface area contributed by atoms with Crippen molar-refractivity contribution in [3.05, 3.63) is 34.9 Å². The summed E-state index contributed by atoms with van der Waals surface area (Å²) in [5.41, 5.74) is 1.95. The van der Waals surface area contributed by atoms with Crippen molar-refractivity contribution in [2.24, 2.45) is 5.92 Å². The van der Waals surface area contributed by atoms with E-state index in [0.717, 1.165) is 29.7 Å². The molecule has 1 aromatic rings. The highest BCUT2D eigenvalue weighted by molar-refractivity contribution is 5.87. The average Bonchev–Trinajstić information content (AvgIpc) is 2.60. The fourth-order valence-corrected chi connectivity index (χ4v) is 4.70. The van der Waals surface area contributed by atoms with E-state index in [1.165, 1.54) is 25.7 Å². The number of rotatable bonds is 7. The Balaban J connectivity index is 1.85. The molecular weight excluding hydrogens is 340 g/mol. The minimum absolute atomic E-state index is 0.0153. The monoisotopic (exact) mass is 372 g/mol. The second kappa shape index (κ2) is 7.95. The highest BCUT2D eigenvalue weighted by Crippen LogP contribution is 2.54. The van der Waals surface area contributed by atoms with Gasteiger partial charge in [-0.3, -0.25) is 0 Å². The number of hydrogen-bond acceptors (Lipinski definition) is 3. The van der Waals surface area contributed by atoms with E-state index in [2.05, 4.69) is 26.8 Å². The number of aryl methyl sites for hydroxylation is 1. The van der Waals surface area contributed by atoms with Crippen molar-refractivity contribution >= 4 is 5.97 Å². The maximum Gasteiger partial charge on any atom is 0.331 e. The Hall–Kier alpha value is -1.97. The Morgan fingerprint density at radius 2 is 1.96 bits per heavy atom. The molecule has 0 bridgehead atoms. The van der Waals surface area contributed by atoms with Gasteiger partial charge in [-0.15, -0.1) is 0 Å². The molecule has 0 amide bonds. The number of carbonyl (C=O) groups is 1. The van der Waals surface area contributed by atoms with E-state index >= 15 is 0 Å². The zero-order chi connectivity index (χ0) is 19.6. The number of unbranched alkanes of at least 4 members (excludes halogenated alkanes) is 4. The van der Waals surface area contributed by atoms with Gasteiger partial charge in [0, 0.05) is 23.0 Å². The molecule has 0 saturated carbocycles. The Morgan fingerprint density at radius 1 is 1.22 bits per heavy atom. The topological polar surface area (TPSA) is 66.8 Å². The van der Waals surface area contributed by atoms with Crippen LogP contribution in [0.3, 0.4) is 0 Å². The molecular formula is C23H32O4. The van der Waals surface area contributed by atoms with Gasteiger partial charge in [0.05, 0.1) is 0 Å². The third-order valence-electron chi connectivity index (χ3n) is 6.20. The summed E-state index contributed by atoms with van der Waals surface area (Å²) in [6, 6.07) is 3.92. The molecule has 0 radical (unpaired) electrons. The Bertz CT molecular complexity index is 732. The number of ether oxygens (including phenoxy) is 1. The lowest BCUT2D eigenvalue weighted by molar-refractivity contribution is -0.133. The molecule has 2 N–H and O–H groups in total. The molecule has 4 nitrogen and oxygen atoms in total. The number of aliphatic carboxylic acids is 1. The van der Waals surface area contributed by atoms with E-state index in [9.17, 15) is 15.0 Å². The SMILES string of the molecule is CCCCCCCc1cc(O)c2c(c1)OC(C)(C)[C@@H]1CC=C(C(=O)O)C[C@@H]21. The van der Waals surface area contributed by atoms with Crippen LogP contribution in [0.15, 0.2) is 23.8 Å². The van der Waals surface area contributed by atoms with Gasteiger partial charge in [-0.1, -0.05) is 38.7 Å². The van der Waals surface area contributed by atoms with Crippen LogP contribution in [-0.2, 0) is 11.2 Å². The fraction of sp³-hybridized carbons (Fsp3) is 0.609. The molecule has 148 valence electrons. The Kier molecular flexibility index (Phi) is 5.83. The molecule has 1 heterocycles. The van der Waals surface area contributed by atoms with Gasteiger partial charge in [-0.05, 0) is 57.2 Å². The van der Waals surface area contributed by atoms with Crippen molar-refractivity contribution in [3.63, 3.8) is 0 Å². The first-order valence-corrected chi connectivity index (χ1v) is 10.3. The van der Waals surface area contributed by atoms with E-state index in [4.69, 9.17) is 4.74 Å². The van der Waals surface area contributed by atoms with Crippen molar-refractivity contribution in [1.29, 1.82) is 0 Å². The molecule has 0 aromatic heterocycles. The van der Waals surface area contributed by atoms with Gasteiger partial charge in [-0.2, -0.15) is 0 Å². The van der Waals surface area contributed by atoms with E-state index < -0.39 is 5.97 Å². The number of benzene rings is 1. The van der Waals surface area contributed by atoms with Gasteiger partial charge in [-0.25, -0.2) is 4.79 Å². The van der Waals surface area contributed by atoms with Crippen LogP contribution in [0.5, 0.6) is 11.5 Å². The molecule has 2 aliphatic rings. The van der Waals surface area contributed by atoms with E-state index in [0.29, 0.717) is 18.4 Å². The molecule has 3 rings (SSSR count). The van der Waals surface area contributed by atoms with Crippen molar-refractivity contribution in [1.82, 2.24) is 0 Å². The first-order valence-electron chi connectivity index (χ1n) is 10.3. The third kappa shape index (κ3) is 4.15. The summed E-state index contributed by atoms with van der Waals surface area (Å²) < 4.78 is 6.31. The standard InChI is InChI=1S/C23H32O4/c1-4-5-6-7-8-9-15-12-19(24)21-17-14-16(22(25)26)10-11-18(17)23(2,3)27-20(21)13-15/h10,12-13,17-18,24H,4-9,11,14H2,1-3H3,(H,25,26)/t17-,18-/m1/s1. The van der Waals surface area contributed by atoms with Gasteiger partial charge in [0.15, 0.2) is 0 Å². The summed E-state index contributed by atoms with van der Waals surface area (Å²) in [5.74, 6) is 0.282. The van der Waals surface area contributed by atoms with Crippen LogP contribution in [-0.4, -0.2) is 21.8 Å². The number of carboxylic acid groups (broad SMARTS) is 1. The molecule has 1 aliphatic heterocycles. The van der Waals surface area contributed by atoms with Crippen molar-refractivity contribution < 1.29 is 19.7 Å². The first-order chi connectivity index (χ1) is 12.8. The number of aromatic hydroxyl groups is 1. The number of allylic oxidation sites excluding steroid dienone is 1. The van der Waals surface area contributed by atoms with Crippen LogP contribution < -0.4 is 4.74 Å². The summed E-state index contributed by atoms with van der Waals surface area (Å²) in [6.45, 7) is 6.35. The van der Waals surface area contributed by atoms with Crippen molar-refractivity contribution in [2.45, 2.75) is 83.7 Å².